The molecule has 0 radical (unpaired) electrons. The molecule has 1 amide bonds. The SMILES string of the molecule is CC(NC(=O)C1(N)C2CCCOC2C1(C)C)C1CCCO1.Cl. The monoisotopic (exact) mass is 332 g/mol. The number of ether oxygens (including phenoxy) is 2. The molecule has 5 atom stereocenters. The van der Waals surface area contributed by atoms with Crippen LogP contribution in [0.5, 0.6) is 0 Å². The molecule has 2 saturated heterocycles. The van der Waals surface area contributed by atoms with Crippen LogP contribution in [0.2, 0.25) is 0 Å². The normalized spacial score (nSPS) is 40.8. The number of nitrogens with one attached hydrogen (secondary N) is 1. The summed E-state index contributed by atoms with van der Waals surface area (Å²) in [4.78, 5) is 12.8. The van der Waals surface area contributed by atoms with Crippen molar-refractivity contribution in [3.8, 4) is 0 Å². The van der Waals surface area contributed by atoms with E-state index in [-0.39, 0.29) is 47.9 Å². The Morgan fingerprint density at radius 1 is 1.23 bits per heavy atom. The number of nitrogens with two attached hydrogens (primary N) is 1. The minimum absolute atomic E-state index is 0. The van der Waals surface area contributed by atoms with Crippen LogP contribution in [0, 0.1) is 11.3 Å². The van der Waals surface area contributed by atoms with E-state index in [1.165, 1.54) is 0 Å². The average molecular weight is 333 g/mol. The van der Waals surface area contributed by atoms with Crippen molar-refractivity contribution >= 4 is 18.3 Å². The zero-order valence-corrected chi connectivity index (χ0v) is 14.6. The van der Waals surface area contributed by atoms with Gasteiger partial charge in [0.2, 0.25) is 5.91 Å². The van der Waals surface area contributed by atoms with Gasteiger partial charge in [0.25, 0.3) is 0 Å². The molecule has 3 rings (SSSR count). The summed E-state index contributed by atoms with van der Waals surface area (Å²) < 4.78 is 11.5. The number of hydrogen-bond donors (Lipinski definition) is 2. The Balaban J connectivity index is 0.00000176. The van der Waals surface area contributed by atoms with Gasteiger partial charge in [-0.25, -0.2) is 0 Å². The minimum atomic E-state index is -0.828. The van der Waals surface area contributed by atoms with Gasteiger partial charge in [-0.05, 0) is 32.6 Å². The number of carbonyl (C=O) groups excluding carboxylic acids is 1. The lowest BCUT2D eigenvalue weighted by Crippen LogP contribution is -2.82. The molecule has 128 valence electrons. The van der Waals surface area contributed by atoms with Crippen LogP contribution < -0.4 is 11.1 Å². The first-order valence-electron chi connectivity index (χ1n) is 8.22. The van der Waals surface area contributed by atoms with Gasteiger partial charge in [0.1, 0.15) is 5.54 Å². The maximum atomic E-state index is 12.8. The van der Waals surface area contributed by atoms with E-state index >= 15 is 0 Å². The molecule has 0 aromatic carbocycles. The molecular weight excluding hydrogens is 304 g/mol. The Hall–Kier alpha value is -0.360. The van der Waals surface area contributed by atoms with E-state index in [1.54, 1.807) is 0 Å². The Bertz CT molecular complexity index is 426. The van der Waals surface area contributed by atoms with Crippen molar-refractivity contribution in [1.29, 1.82) is 0 Å². The second kappa shape index (κ2) is 6.27. The third-order valence-electron chi connectivity index (χ3n) is 5.94. The van der Waals surface area contributed by atoms with Crippen LogP contribution in [0.4, 0.5) is 0 Å². The molecule has 0 spiro atoms. The van der Waals surface area contributed by atoms with E-state index in [4.69, 9.17) is 15.2 Å². The van der Waals surface area contributed by atoms with Gasteiger partial charge in [-0.3, -0.25) is 4.79 Å². The Morgan fingerprint density at radius 2 is 1.86 bits per heavy atom. The van der Waals surface area contributed by atoms with Gasteiger partial charge in [0, 0.05) is 24.5 Å². The van der Waals surface area contributed by atoms with Crippen LogP contribution >= 0.6 is 12.4 Å². The van der Waals surface area contributed by atoms with Gasteiger partial charge in [0.15, 0.2) is 0 Å². The summed E-state index contributed by atoms with van der Waals surface area (Å²) in [5, 5.41) is 3.11. The highest BCUT2D eigenvalue weighted by molar-refractivity contribution is 5.89. The number of fused-ring (bicyclic) bond motifs is 1. The quantitative estimate of drug-likeness (QED) is 0.823. The van der Waals surface area contributed by atoms with E-state index in [0.717, 1.165) is 38.9 Å². The molecule has 3 aliphatic rings. The second-order valence-electron chi connectivity index (χ2n) is 7.44. The number of amides is 1. The molecule has 1 aliphatic carbocycles. The molecule has 3 fully saturated rings. The van der Waals surface area contributed by atoms with E-state index in [9.17, 15) is 4.79 Å². The van der Waals surface area contributed by atoms with E-state index in [1.807, 2.05) is 6.92 Å². The van der Waals surface area contributed by atoms with Crippen molar-refractivity contribution in [3.05, 3.63) is 0 Å². The lowest BCUT2D eigenvalue weighted by atomic mass is 9.46. The van der Waals surface area contributed by atoms with Gasteiger partial charge < -0.3 is 20.5 Å². The average Bonchev–Trinajstić information content (AvgIpc) is 3.00. The summed E-state index contributed by atoms with van der Waals surface area (Å²) in [6.45, 7) is 7.70. The fourth-order valence-corrected chi connectivity index (χ4v) is 4.45. The number of carbonyl (C=O) groups is 1. The number of hydrogen-bond acceptors (Lipinski definition) is 4. The predicted molar refractivity (Wildman–Crippen MR) is 87.0 cm³/mol. The number of rotatable bonds is 3. The molecular formula is C16H29ClN2O3. The summed E-state index contributed by atoms with van der Waals surface area (Å²) in [7, 11) is 0. The molecule has 5 unspecified atom stereocenters. The third kappa shape index (κ3) is 2.46. The fraction of sp³-hybridized carbons (Fsp3) is 0.938. The van der Waals surface area contributed by atoms with E-state index < -0.39 is 5.54 Å². The van der Waals surface area contributed by atoms with Crippen LogP contribution in [0.3, 0.4) is 0 Å². The summed E-state index contributed by atoms with van der Waals surface area (Å²) in [6, 6.07) is 0.0137. The summed E-state index contributed by atoms with van der Waals surface area (Å²) in [6.07, 6.45) is 4.29. The van der Waals surface area contributed by atoms with Crippen LogP contribution in [-0.2, 0) is 14.3 Å². The topological polar surface area (TPSA) is 73.6 Å². The second-order valence-corrected chi connectivity index (χ2v) is 7.44. The smallest absolute Gasteiger partial charge is 0.241 e. The first-order valence-corrected chi connectivity index (χ1v) is 8.22. The Kier molecular flexibility index (Phi) is 5.12. The van der Waals surface area contributed by atoms with Crippen LogP contribution in [0.25, 0.3) is 0 Å². The van der Waals surface area contributed by atoms with Crippen molar-refractivity contribution in [1.82, 2.24) is 5.32 Å². The molecule has 6 heteroatoms. The molecule has 3 N–H and O–H groups in total. The molecule has 1 saturated carbocycles. The Labute approximate surface area is 139 Å². The lowest BCUT2D eigenvalue weighted by molar-refractivity contribution is -0.225. The molecule has 0 aromatic rings. The van der Waals surface area contributed by atoms with Gasteiger partial charge in [-0.2, -0.15) is 0 Å². The molecule has 0 bridgehead atoms. The zero-order valence-electron chi connectivity index (χ0n) is 13.8. The molecule has 22 heavy (non-hydrogen) atoms. The zero-order chi connectivity index (χ0) is 15.3. The number of halogens is 1. The highest BCUT2D eigenvalue weighted by Gasteiger charge is 2.70. The van der Waals surface area contributed by atoms with Crippen LogP contribution in [0.1, 0.15) is 46.5 Å². The maximum absolute atomic E-state index is 12.8. The van der Waals surface area contributed by atoms with E-state index in [0.29, 0.717) is 0 Å². The Morgan fingerprint density at radius 3 is 2.50 bits per heavy atom. The predicted octanol–water partition coefficient (Wildman–Crippen LogP) is 1.62. The third-order valence-corrected chi connectivity index (χ3v) is 5.94. The van der Waals surface area contributed by atoms with Gasteiger partial charge in [-0.1, -0.05) is 13.8 Å². The minimum Gasteiger partial charge on any atom is -0.377 e. The largest absolute Gasteiger partial charge is 0.377 e. The highest BCUT2D eigenvalue weighted by atomic mass is 35.5. The molecule has 2 heterocycles. The summed E-state index contributed by atoms with van der Waals surface area (Å²) >= 11 is 0. The summed E-state index contributed by atoms with van der Waals surface area (Å²) in [5.74, 6) is 0.0974. The fourth-order valence-electron chi connectivity index (χ4n) is 4.45. The van der Waals surface area contributed by atoms with Gasteiger partial charge in [-0.15, -0.1) is 12.4 Å². The van der Waals surface area contributed by atoms with Crippen molar-refractivity contribution in [2.75, 3.05) is 13.2 Å². The highest BCUT2D eigenvalue weighted by Crippen LogP contribution is 2.57. The standard InChI is InChI=1S/C16H28N2O3.ClH/c1-10(12-7-5-8-20-12)18-14(19)16(17)11-6-4-9-21-13(11)15(16,2)3;/h10-13H,4-9,17H2,1-3H3,(H,18,19);1H. The first kappa shape index (κ1) is 18.0. The maximum Gasteiger partial charge on any atom is 0.241 e. The molecule has 5 nitrogen and oxygen atoms in total. The van der Waals surface area contributed by atoms with Crippen LogP contribution in [0.15, 0.2) is 0 Å². The van der Waals surface area contributed by atoms with Gasteiger partial charge in [0.05, 0.1) is 18.2 Å². The molecule has 0 aromatic heterocycles. The molecule has 2 aliphatic heterocycles. The van der Waals surface area contributed by atoms with Crippen molar-refractivity contribution in [2.45, 2.75) is 70.2 Å². The van der Waals surface area contributed by atoms with E-state index in [2.05, 4.69) is 19.2 Å². The van der Waals surface area contributed by atoms with Gasteiger partial charge >= 0.3 is 0 Å². The van der Waals surface area contributed by atoms with Crippen LogP contribution in [-0.4, -0.2) is 42.9 Å². The van der Waals surface area contributed by atoms with Crippen molar-refractivity contribution in [2.24, 2.45) is 17.1 Å². The van der Waals surface area contributed by atoms with Crippen molar-refractivity contribution < 1.29 is 14.3 Å². The van der Waals surface area contributed by atoms with Crippen molar-refractivity contribution in [3.63, 3.8) is 0 Å². The first-order chi connectivity index (χ1) is 9.89. The summed E-state index contributed by atoms with van der Waals surface area (Å²) in [5.41, 5.74) is 5.44. The lowest BCUT2D eigenvalue weighted by Gasteiger charge is -2.65.